The maximum atomic E-state index is 13.1. The maximum absolute atomic E-state index is 13.1. The molecule has 0 bridgehead atoms. The Labute approximate surface area is 148 Å². The number of nitrogens with zero attached hydrogens (tertiary/aromatic N) is 4. The number of alkyl halides is 3. The third-order valence-electron chi connectivity index (χ3n) is 5.39. The molecule has 3 fully saturated rings. The number of rotatable bonds is 3. The van der Waals surface area contributed by atoms with Crippen molar-refractivity contribution in [1.29, 1.82) is 0 Å². The number of fused-ring (bicyclic) bond motifs is 1. The number of carbonyl (C=O) groups is 1. The van der Waals surface area contributed by atoms with Gasteiger partial charge in [0, 0.05) is 31.6 Å². The van der Waals surface area contributed by atoms with E-state index in [1.165, 1.54) is 4.68 Å². The molecule has 3 aliphatic rings. The summed E-state index contributed by atoms with van der Waals surface area (Å²) in [6, 6.07) is 0.382. The lowest BCUT2D eigenvalue weighted by Gasteiger charge is -2.37. The number of hydrogen-bond donors (Lipinski definition) is 0. The highest BCUT2D eigenvalue weighted by Crippen LogP contribution is 2.46. The molecular weight excluding hydrogens is 357 g/mol. The largest absolute Gasteiger partial charge is 0.436 e. The van der Waals surface area contributed by atoms with Crippen LogP contribution < -0.4 is 0 Å². The van der Waals surface area contributed by atoms with E-state index in [1.54, 1.807) is 4.90 Å². The first-order valence-electron chi connectivity index (χ1n) is 8.70. The van der Waals surface area contributed by atoms with Crippen LogP contribution >= 0.6 is 11.6 Å². The molecule has 1 aromatic rings. The summed E-state index contributed by atoms with van der Waals surface area (Å²) < 4.78 is 40.5. The predicted octanol–water partition coefficient (Wildman–Crippen LogP) is 2.74. The van der Waals surface area contributed by atoms with E-state index in [9.17, 15) is 18.0 Å². The van der Waals surface area contributed by atoms with E-state index in [2.05, 4.69) is 10.00 Å². The Morgan fingerprint density at radius 3 is 2.64 bits per heavy atom. The molecule has 2 saturated heterocycles. The Bertz CT molecular complexity index is 686. The van der Waals surface area contributed by atoms with Gasteiger partial charge in [-0.05, 0) is 32.2 Å². The summed E-state index contributed by atoms with van der Waals surface area (Å²) in [5.74, 6) is -0.197. The van der Waals surface area contributed by atoms with Crippen molar-refractivity contribution < 1.29 is 18.0 Å². The minimum Gasteiger partial charge on any atom is -0.338 e. The highest BCUT2D eigenvalue weighted by atomic mass is 35.5. The third-order valence-corrected chi connectivity index (χ3v) is 5.76. The van der Waals surface area contributed by atoms with Crippen molar-refractivity contribution >= 4 is 17.5 Å². The second kappa shape index (κ2) is 6.16. The van der Waals surface area contributed by atoms with Gasteiger partial charge in [0.05, 0.1) is 10.7 Å². The molecule has 9 heteroatoms. The fraction of sp³-hybridized carbons (Fsp3) is 0.750. The zero-order valence-electron chi connectivity index (χ0n) is 13.7. The second-order valence-corrected chi connectivity index (χ2v) is 7.53. The molecule has 1 amide bonds. The number of halogens is 4. The summed E-state index contributed by atoms with van der Waals surface area (Å²) in [6.45, 7) is 3.00. The van der Waals surface area contributed by atoms with Crippen molar-refractivity contribution in [2.75, 3.05) is 26.2 Å². The van der Waals surface area contributed by atoms with Gasteiger partial charge in [-0.25, -0.2) is 0 Å². The van der Waals surface area contributed by atoms with Gasteiger partial charge in [0.1, 0.15) is 6.54 Å². The summed E-state index contributed by atoms with van der Waals surface area (Å²) >= 11 is 5.96. The van der Waals surface area contributed by atoms with Crippen molar-refractivity contribution in [3.63, 3.8) is 0 Å². The van der Waals surface area contributed by atoms with Crippen LogP contribution in [0.3, 0.4) is 0 Å². The van der Waals surface area contributed by atoms with Crippen LogP contribution in [0.2, 0.25) is 5.02 Å². The van der Waals surface area contributed by atoms with Gasteiger partial charge in [-0.2, -0.15) is 18.3 Å². The van der Waals surface area contributed by atoms with Gasteiger partial charge in [-0.1, -0.05) is 11.6 Å². The topological polar surface area (TPSA) is 41.4 Å². The quantitative estimate of drug-likeness (QED) is 0.814. The van der Waals surface area contributed by atoms with Gasteiger partial charge in [-0.15, -0.1) is 0 Å². The highest BCUT2D eigenvalue weighted by molar-refractivity contribution is 6.32. The summed E-state index contributed by atoms with van der Waals surface area (Å²) in [4.78, 5) is 16.8. The number of aromatic nitrogens is 2. The van der Waals surface area contributed by atoms with E-state index >= 15 is 0 Å². The first kappa shape index (κ1) is 17.1. The molecule has 25 heavy (non-hydrogen) atoms. The highest BCUT2D eigenvalue weighted by Gasteiger charge is 2.42. The molecule has 4 rings (SSSR count). The smallest absolute Gasteiger partial charge is 0.338 e. The summed E-state index contributed by atoms with van der Waals surface area (Å²) in [6.07, 6.45) is -0.815. The molecule has 1 aromatic heterocycles. The number of carbonyl (C=O) groups excluding carboxylic acids is 1. The van der Waals surface area contributed by atoms with Crippen LogP contribution in [0.4, 0.5) is 13.2 Å². The predicted molar refractivity (Wildman–Crippen MR) is 85.4 cm³/mol. The first-order valence-corrected chi connectivity index (χ1v) is 9.07. The van der Waals surface area contributed by atoms with Crippen LogP contribution in [0.1, 0.15) is 43.0 Å². The molecule has 0 N–H and O–H groups in total. The van der Waals surface area contributed by atoms with Crippen molar-refractivity contribution in [1.82, 2.24) is 19.6 Å². The fourth-order valence-corrected chi connectivity index (χ4v) is 4.34. The van der Waals surface area contributed by atoms with Gasteiger partial charge in [0.15, 0.2) is 5.69 Å². The van der Waals surface area contributed by atoms with Gasteiger partial charge in [-0.3, -0.25) is 14.4 Å². The number of piperazine rings is 1. The summed E-state index contributed by atoms with van der Waals surface area (Å²) in [5.41, 5.74) is -0.716. The van der Waals surface area contributed by atoms with Crippen LogP contribution in [0.25, 0.3) is 0 Å². The standard InChI is InChI=1S/C16H20ClF3N4O/c17-13-14(10-3-4-10)24(21-15(13)16(18,19)20)9-12(25)23-7-6-22-5-1-2-11(22)8-23/h10-11H,1-9H2/t11-/m1/s1. The molecule has 0 aromatic carbocycles. The summed E-state index contributed by atoms with van der Waals surface area (Å²) in [7, 11) is 0. The molecule has 1 aliphatic carbocycles. The molecule has 0 spiro atoms. The lowest BCUT2D eigenvalue weighted by atomic mass is 10.1. The van der Waals surface area contributed by atoms with E-state index in [-0.39, 0.29) is 23.4 Å². The fourth-order valence-electron chi connectivity index (χ4n) is 3.95. The van der Waals surface area contributed by atoms with Crippen LogP contribution in [-0.2, 0) is 17.5 Å². The molecule has 5 nitrogen and oxygen atoms in total. The Morgan fingerprint density at radius 1 is 1.20 bits per heavy atom. The molecule has 3 heterocycles. The zero-order chi connectivity index (χ0) is 17.8. The van der Waals surface area contributed by atoms with Crippen molar-refractivity contribution in [3.8, 4) is 0 Å². The van der Waals surface area contributed by atoms with E-state index < -0.39 is 11.9 Å². The van der Waals surface area contributed by atoms with Gasteiger partial charge >= 0.3 is 6.18 Å². The van der Waals surface area contributed by atoms with Gasteiger partial charge in [0.2, 0.25) is 5.91 Å². The zero-order valence-corrected chi connectivity index (χ0v) is 14.5. The van der Waals surface area contributed by atoms with Crippen molar-refractivity contribution in [3.05, 3.63) is 16.4 Å². The molecule has 0 unspecified atom stereocenters. The van der Waals surface area contributed by atoms with Crippen molar-refractivity contribution in [2.24, 2.45) is 0 Å². The Hall–Kier alpha value is -1.28. The van der Waals surface area contributed by atoms with Gasteiger partial charge in [0.25, 0.3) is 0 Å². The maximum Gasteiger partial charge on any atom is 0.436 e. The normalized spacial score (nSPS) is 24.6. The Kier molecular flexibility index (Phi) is 4.22. The van der Waals surface area contributed by atoms with Crippen LogP contribution in [0.15, 0.2) is 0 Å². The van der Waals surface area contributed by atoms with Crippen LogP contribution in [0.5, 0.6) is 0 Å². The van der Waals surface area contributed by atoms with Gasteiger partial charge < -0.3 is 4.90 Å². The minimum atomic E-state index is -4.61. The number of amides is 1. The Morgan fingerprint density at radius 2 is 1.96 bits per heavy atom. The monoisotopic (exact) mass is 376 g/mol. The minimum absolute atomic E-state index is 0.0180. The molecule has 1 atom stereocenters. The Balaban J connectivity index is 1.53. The molecular formula is C16H20ClF3N4O. The molecule has 138 valence electrons. The van der Waals surface area contributed by atoms with E-state index in [0.717, 1.165) is 38.8 Å². The van der Waals surface area contributed by atoms with Crippen molar-refractivity contribution in [2.45, 2.75) is 50.4 Å². The SMILES string of the molecule is O=C(Cn1nc(C(F)(F)F)c(Cl)c1C1CC1)N1CCN2CCC[C@@H]2C1. The third kappa shape index (κ3) is 3.26. The molecule has 1 saturated carbocycles. The lowest BCUT2D eigenvalue weighted by Crippen LogP contribution is -2.52. The molecule has 0 radical (unpaired) electrons. The van der Waals surface area contributed by atoms with Crippen LogP contribution in [-0.4, -0.2) is 57.7 Å². The van der Waals surface area contributed by atoms with E-state index in [1.807, 2.05) is 0 Å². The first-order chi connectivity index (χ1) is 11.8. The lowest BCUT2D eigenvalue weighted by molar-refractivity contribution is -0.142. The molecule has 2 aliphatic heterocycles. The number of hydrogen-bond acceptors (Lipinski definition) is 3. The van der Waals surface area contributed by atoms with Crippen LogP contribution in [0, 0.1) is 0 Å². The average Bonchev–Trinajstić information content (AvgIpc) is 3.16. The van der Waals surface area contributed by atoms with E-state index in [0.29, 0.717) is 24.8 Å². The second-order valence-electron chi connectivity index (χ2n) is 7.15. The summed E-state index contributed by atoms with van der Waals surface area (Å²) in [5, 5.41) is 3.30. The average molecular weight is 377 g/mol. The van der Waals surface area contributed by atoms with E-state index in [4.69, 9.17) is 11.6 Å².